The summed E-state index contributed by atoms with van der Waals surface area (Å²) in [6.07, 6.45) is 5.74. The lowest BCUT2D eigenvalue weighted by molar-refractivity contribution is 1.48. The number of nitrogens with zero attached hydrogens (tertiary/aromatic N) is 1. The van der Waals surface area contributed by atoms with Crippen molar-refractivity contribution in [1.82, 2.24) is 0 Å². The fourth-order valence-electron chi connectivity index (χ4n) is 4.73. The molecule has 0 amide bonds. The molecule has 156 valence electrons. The molecule has 2 heteroatoms. The van der Waals surface area contributed by atoms with Crippen LogP contribution in [0.25, 0.3) is 48.5 Å². The number of rotatable bonds is 3. The highest BCUT2D eigenvalue weighted by molar-refractivity contribution is 7.25. The summed E-state index contributed by atoms with van der Waals surface area (Å²) in [5.41, 5.74) is 8.82. The quantitative estimate of drug-likeness (QED) is 0.266. The van der Waals surface area contributed by atoms with Gasteiger partial charge in [-0.1, -0.05) is 98.1 Å². The highest BCUT2D eigenvalue weighted by atomic mass is 32.1. The third kappa shape index (κ3) is 3.19. The van der Waals surface area contributed by atoms with Gasteiger partial charge in [-0.3, -0.25) is 4.99 Å². The molecule has 1 heterocycles. The molecule has 0 N–H and O–H groups in total. The SMILES string of the molecule is C=CN=C1C(=C)C=Cc2cccc(-c3ccccc3-c3ccc4c(c3)sc3ccccc34)c21. The van der Waals surface area contributed by atoms with E-state index in [-0.39, 0.29) is 0 Å². The summed E-state index contributed by atoms with van der Waals surface area (Å²) in [5, 5.41) is 2.64. The third-order valence-electron chi connectivity index (χ3n) is 6.23. The third-order valence-corrected chi connectivity index (χ3v) is 7.36. The molecule has 0 unspecified atom stereocenters. The van der Waals surface area contributed by atoms with Gasteiger partial charge in [0.05, 0.1) is 5.71 Å². The predicted molar refractivity (Wildman–Crippen MR) is 145 cm³/mol. The molecule has 1 aliphatic rings. The van der Waals surface area contributed by atoms with Crippen molar-refractivity contribution in [2.45, 2.75) is 0 Å². The molecule has 1 aliphatic carbocycles. The van der Waals surface area contributed by atoms with Gasteiger partial charge in [0.15, 0.2) is 0 Å². The van der Waals surface area contributed by atoms with Crippen LogP contribution in [-0.2, 0) is 0 Å². The summed E-state index contributed by atoms with van der Waals surface area (Å²) in [4.78, 5) is 4.59. The minimum Gasteiger partial charge on any atom is -0.256 e. The van der Waals surface area contributed by atoms with E-state index in [1.807, 2.05) is 17.4 Å². The van der Waals surface area contributed by atoms with E-state index in [4.69, 9.17) is 0 Å². The van der Waals surface area contributed by atoms with Gasteiger partial charge in [-0.25, -0.2) is 0 Å². The molecule has 5 aromatic rings. The maximum absolute atomic E-state index is 4.59. The zero-order chi connectivity index (χ0) is 22.4. The molecule has 1 aromatic heterocycles. The van der Waals surface area contributed by atoms with Crippen molar-refractivity contribution in [3.8, 4) is 22.3 Å². The van der Waals surface area contributed by atoms with Crippen LogP contribution in [0.15, 0.2) is 121 Å². The van der Waals surface area contributed by atoms with Crippen LogP contribution in [0.5, 0.6) is 0 Å². The molecule has 0 saturated carbocycles. The highest BCUT2D eigenvalue weighted by Gasteiger charge is 2.21. The molecule has 33 heavy (non-hydrogen) atoms. The Balaban J connectivity index is 1.58. The van der Waals surface area contributed by atoms with Gasteiger partial charge in [-0.15, -0.1) is 11.3 Å². The summed E-state index contributed by atoms with van der Waals surface area (Å²) >= 11 is 1.85. The van der Waals surface area contributed by atoms with E-state index in [0.717, 1.165) is 28.0 Å². The first-order chi connectivity index (χ1) is 16.2. The van der Waals surface area contributed by atoms with E-state index in [1.54, 1.807) is 6.20 Å². The van der Waals surface area contributed by atoms with Crippen LogP contribution in [0.4, 0.5) is 0 Å². The van der Waals surface area contributed by atoms with Crippen molar-refractivity contribution in [2.24, 2.45) is 4.99 Å². The highest BCUT2D eigenvalue weighted by Crippen LogP contribution is 2.41. The first-order valence-electron chi connectivity index (χ1n) is 10.9. The Hall–Kier alpha value is -4.01. The number of thiophene rings is 1. The summed E-state index contributed by atoms with van der Waals surface area (Å²) < 4.78 is 2.63. The van der Waals surface area contributed by atoms with Crippen LogP contribution >= 0.6 is 11.3 Å². The Morgan fingerprint density at radius 2 is 1.45 bits per heavy atom. The van der Waals surface area contributed by atoms with Gasteiger partial charge in [-0.2, -0.15) is 0 Å². The fourth-order valence-corrected chi connectivity index (χ4v) is 5.87. The van der Waals surface area contributed by atoms with Crippen molar-refractivity contribution < 1.29 is 0 Å². The first kappa shape index (κ1) is 19.7. The Kier molecular flexibility index (Phi) is 4.67. The molecule has 4 aromatic carbocycles. The van der Waals surface area contributed by atoms with Gasteiger partial charge < -0.3 is 0 Å². The molecule has 0 radical (unpaired) electrons. The Labute approximate surface area is 197 Å². The van der Waals surface area contributed by atoms with E-state index in [2.05, 4.69) is 109 Å². The van der Waals surface area contributed by atoms with Crippen LogP contribution in [0, 0.1) is 0 Å². The molecule has 6 rings (SSSR count). The summed E-state index contributed by atoms with van der Waals surface area (Å²) in [6.45, 7) is 8.04. The molecule has 0 fully saturated rings. The smallest absolute Gasteiger partial charge is 0.0780 e. The molecule has 0 atom stereocenters. The predicted octanol–water partition coefficient (Wildman–Crippen LogP) is 8.90. The lowest BCUT2D eigenvalue weighted by Gasteiger charge is -2.21. The summed E-state index contributed by atoms with van der Waals surface area (Å²) in [5.74, 6) is 0. The Morgan fingerprint density at radius 3 is 2.33 bits per heavy atom. The summed E-state index contributed by atoms with van der Waals surface area (Å²) in [7, 11) is 0. The molecule has 0 bridgehead atoms. The second-order valence-electron chi connectivity index (χ2n) is 8.14. The van der Waals surface area contributed by atoms with Crippen LogP contribution in [-0.4, -0.2) is 5.71 Å². The second kappa shape index (κ2) is 7.84. The maximum Gasteiger partial charge on any atom is 0.0780 e. The largest absolute Gasteiger partial charge is 0.256 e. The number of aliphatic imine (C=N–C) groups is 1. The standard InChI is InChI=1S/C31H21NS/c1-3-32-31-20(2)15-16-21-9-8-13-27(30(21)31)24-11-5-4-10-23(24)22-17-18-26-25-12-6-7-14-28(25)33-29(26)19-22/h3-19H,1-2H2. The van der Waals surface area contributed by atoms with Crippen LogP contribution in [0.1, 0.15) is 11.1 Å². The van der Waals surface area contributed by atoms with Gasteiger partial charge in [0.2, 0.25) is 0 Å². The number of fused-ring (bicyclic) bond motifs is 4. The van der Waals surface area contributed by atoms with Crippen molar-refractivity contribution in [3.63, 3.8) is 0 Å². The van der Waals surface area contributed by atoms with Crippen LogP contribution < -0.4 is 0 Å². The average molecular weight is 440 g/mol. The molecule has 0 spiro atoms. The van der Waals surface area contributed by atoms with E-state index >= 15 is 0 Å². The minimum absolute atomic E-state index is 0.882. The lowest BCUT2D eigenvalue weighted by atomic mass is 9.84. The second-order valence-corrected chi connectivity index (χ2v) is 9.23. The monoisotopic (exact) mass is 439 g/mol. The molecule has 0 aliphatic heterocycles. The zero-order valence-electron chi connectivity index (χ0n) is 18.1. The van der Waals surface area contributed by atoms with Crippen molar-refractivity contribution >= 4 is 43.3 Å². The average Bonchev–Trinajstić information content (AvgIpc) is 3.23. The number of benzene rings is 4. The van der Waals surface area contributed by atoms with Gasteiger partial charge in [0.25, 0.3) is 0 Å². The van der Waals surface area contributed by atoms with Crippen LogP contribution in [0.2, 0.25) is 0 Å². The Morgan fingerprint density at radius 1 is 0.697 bits per heavy atom. The van der Waals surface area contributed by atoms with Gasteiger partial charge in [0, 0.05) is 31.9 Å². The van der Waals surface area contributed by atoms with E-state index in [9.17, 15) is 0 Å². The normalized spacial score (nSPS) is 14.2. The lowest BCUT2D eigenvalue weighted by Crippen LogP contribution is -2.10. The first-order valence-corrected chi connectivity index (χ1v) is 11.8. The topological polar surface area (TPSA) is 12.4 Å². The Bertz CT molecular complexity index is 1640. The molecular weight excluding hydrogens is 418 g/mol. The van der Waals surface area contributed by atoms with Gasteiger partial charge in [-0.05, 0) is 45.5 Å². The summed E-state index contributed by atoms with van der Waals surface area (Å²) in [6, 6.07) is 30.5. The molecule has 0 saturated heterocycles. The van der Waals surface area contributed by atoms with Crippen molar-refractivity contribution in [1.29, 1.82) is 0 Å². The number of hydrogen-bond acceptors (Lipinski definition) is 2. The number of hydrogen-bond donors (Lipinski definition) is 0. The van der Waals surface area contributed by atoms with E-state index < -0.39 is 0 Å². The van der Waals surface area contributed by atoms with E-state index in [0.29, 0.717) is 0 Å². The van der Waals surface area contributed by atoms with Crippen molar-refractivity contribution in [3.05, 3.63) is 127 Å². The maximum atomic E-state index is 4.59. The zero-order valence-corrected chi connectivity index (χ0v) is 18.9. The van der Waals surface area contributed by atoms with Gasteiger partial charge in [0.1, 0.15) is 0 Å². The van der Waals surface area contributed by atoms with Crippen LogP contribution in [0.3, 0.4) is 0 Å². The number of allylic oxidation sites excluding steroid dienone is 2. The molecular formula is C31H21NS. The minimum atomic E-state index is 0.882. The fraction of sp³-hybridized carbons (Fsp3) is 0. The van der Waals surface area contributed by atoms with Crippen molar-refractivity contribution in [2.75, 3.05) is 0 Å². The van der Waals surface area contributed by atoms with Gasteiger partial charge >= 0.3 is 0 Å². The van der Waals surface area contributed by atoms with E-state index in [1.165, 1.54) is 36.9 Å². The molecule has 1 nitrogen and oxygen atoms in total.